The molecule has 2 aromatic carbocycles. The Morgan fingerprint density at radius 3 is 2.52 bits per heavy atom. The Balaban J connectivity index is 1.80. The van der Waals surface area contributed by atoms with Crippen LogP contribution >= 0.6 is 0 Å². The molecule has 1 aliphatic rings. The van der Waals surface area contributed by atoms with Crippen LogP contribution in [0.15, 0.2) is 42.5 Å². The van der Waals surface area contributed by atoms with Gasteiger partial charge >= 0.3 is 5.97 Å². The molecular weight excluding hydrogens is 325 g/mol. The number of ether oxygens (including phenoxy) is 1. The molecule has 3 rings (SSSR count). The van der Waals surface area contributed by atoms with Crippen LogP contribution in [0.4, 0.5) is 4.39 Å². The SMILES string of the molecule is Cc1cc(C(=O)O)cc(C(=O)N2CCOC(c3ccc(F)cc3)C2)c1. The van der Waals surface area contributed by atoms with Crippen LogP contribution in [-0.4, -0.2) is 41.6 Å². The van der Waals surface area contributed by atoms with Gasteiger partial charge in [-0.2, -0.15) is 0 Å². The standard InChI is InChI=1S/C19H18FNO4/c1-12-8-14(10-15(9-12)19(23)24)18(22)21-6-7-25-17(11-21)13-2-4-16(20)5-3-13/h2-5,8-10,17H,6-7,11H2,1H3,(H,23,24). The van der Waals surface area contributed by atoms with Gasteiger partial charge in [0.15, 0.2) is 0 Å². The third-order valence-electron chi connectivity index (χ3n) is 4.17. The van der Waals surface area contributed by atoms with Gasteiger partial charge in [-0.3, -0.25) is 4.79 Å². The van der Waals surface area contributed by atoms with E-state index < -0.39 is 5.97 Å². The Labute approximate surface area is 144 Å². The smallest absolute Gasteiger partial charge is 0.335 e. The number of aryl methyl sites for hydroxylation is 1. The Kier molecular flexibility index (Phi) is 4.81. The van der Waals surface area contributed by atoms with Crippen LogP contribution in [0, 0.1) is 12.7 Å². The summed E-state index contributed by atoms with van der Waals surface area (Å²) in [6.45, 7) is 2.88. The Morgan fingerprint density at radius 1 is 1.16 bits per heavy atom. The van der Waals surface area contributed by atoms with E-state index in [0.29, 0.717) is 30.8 Å². The molecule has 0 aliphatic carbocycles. The highest BCUT2D eigenvalue weighted by Gasteiger charge is 2.26. The molecule has 0 bridgehead atoms. The van der Waals surface area contributed by atoms with E-state index in [1.165, 1.54) is 24.3 Å². The fourth-order valence-corrected chi connectivity index (χ4v) is 2.93. The lowest BCUT2D eigenvalue weighted by molar-refractivity contribution is -0.0228. The first kappa shape index (κ1) is 17.1. The highest BCUT2D eigenvalue weighted by atomic mass is 19.1. The summed E-state index contributed by atoms with van der Waals surface area (Å²) >= 11 is 0. The summed E-state index contributed by atoms with van der Waals surface area (Å²) in [4.78, 5) is 25.6. The molecule has 0 spiro atoms. The molecule has 6 heteroatoms. The molecule has 0 saturated carbocycles. The maximum absolute atomic E-state index is 13.1. The van der Waals surface area contributed by atoms with Crippen molar-refractivity contribution in [2.45, 2.75) is 13.0 Å². The van der Waals surface area contributed by atoms with Crippen LogP contribution in [0.1, 0.15) is 37.9 Å². The number of carbonyl (C=O) groups is 2. The van der Waals surface area contributed by atoms with Gasteiger partial charge in [-0.25, -0.2) is 9.18 Å². The van der Waals surface area contributed by atoms with Crippen molar-refractivity contribution in [1.29, 1.82) is 0 Å². The van der Waals surface area contributed by atoms with Gasteiger partial charge in [-0.1, -0.05) is 12.1 Å². The number of hydrogen-bond acceptors (Lipinski definition) is 3. The van der Waals surface area contributed by atoms with Crippen molar-refractivity contribution < 1.29 is 23.8 Å². The molecule has 1 fully saturated rings. The third-order valence-corrected chi connectivity index (χ3v) is 4.17. The lowest BCUT2D eigenvalue weighted by Gasteiger charge is -2.33. The highest BCUT2D eigenvalue weighted by molar-refractivity contribution is 5.97. The van der Waals surface area contributed by atoms with Crippen molar-refractivity contribution in [2.75, 3.05) is 19.7 Å². The molecular formula is C19H18FNO4. The van der Waals surface area contributed by atoms with E-state index in [9.17, 15) is 14.0 Å². The normalized spacial score (nSPS) is 17.4. The maximum Gasteiger partial charge on any atom is 0.335 e. The molecule has 1 heterocycles. The van der Waals surface area contributed by atoms with Gasteiger partial charge < -0.3 is 14.7 Å². The number of nitrogens with zero attached hydrogens (tertiary/aromatic N) is 1. The summed E-state index contributed by atoms with van der Waals surface area (Å²) in [5.74, 6) is -1.63. The average molecular weight is 343 g/mol. The highest BCUT2D eigenvalue weighted by Crippen LogP contribution is 2.24. The summed E-state index contributed by atoms with van der Waals surface area (Å²) < 4.78 is 18.8. The third kappa shape index (κ3) is 3.85. The van der Waals surface area contributed by atoms with Gasteiger partial charge in [0.25, 0.3) is 5.91 Å². The molecule has 2 aromatic rings. The number of hydrogen-bond donors (Lipinski definition) is 1. The van der Waals surface area contributed by atoms with Crippen molar-refractivity contribution in [2.24, 2.45) is 0 Å². The van der Waals surface area contributed by atoms with E-state index in [4.69, 9.17) is 9.84 Å². The van der Waals surface area contributed by atoms with Gasteiger partial charge in [-0.05, 0) is 48.4 Å². The summed E-state index contributed by atoms with van der Waals surface area (Å²) in [6.07, 6.45) is -0.331. The van der Waals surface area contributed by atoms with Gasteiger partial charge in [-0.15, -0.1) is 0 Å². The number of carboxylic acid groups (broad SMARTS) is 1. The molecule has 5 nitrogen and oxygen atoms in total. The molecule has 130 valence electrons. The molecule has 1 atom stereocenters. The Hall–Kier alpha value is -2.73. The predicted molar refractivity (Wildman–Crippen MR) is 89.1 cm³/mol. The first-order chi connectivity index (χ1) is 11.9. The van der Waals surface area contributed by atoms with Crippen LogP contribution in [0.5, 0.6) is 0 Å². The number of morpholine rings is 1. The minimum absolute atomic E-state index is 0.0895. The predicted octanol–water partition coefficient (Wildman–Crippen LogP) is 3.05. The Morgan fingerprint density at radius 2 is 1.84 bits per heavy atom. The van der Waals surface area contributed by atoms with E-state index in [1.807, 2.05) is 0 Å². The quantitative estimate of drug-likeness (QED) is 0.930. The number of carbonyl (C=O) groups excluding carboxylic acids is 1. The van der Waals surface area contributed by atoms with Gasteiger partial charge in [0, 0.05) is 12.1 Å². The molecule has 1 N–H and O–H groups in total. The second kappa shape index (κ2) is 7.03. The van der Waals surface area contributed by atoms with Gasteiger partial charge in [0.1, 0.15) is 11.9 Å². The van der Waals surface area contributed by atoms with Gasteiger partial charge in [0.05, 0.1) is 18.7 Å². The fraction of sp³-hybridized carbons (Fsp3) is 0.263. The summed E-state index contributed by atoms with van der Waals surface area (Å²) in [7, 11) is 0. The number of halogens is 1. The second-order valence-corrected chi connectivity index (χ2v) is 6.06. The summed E-state index contributed by atoms with van der Waals surface area (Å²) in [5, 5.41) is 9.16. The zero-order valence-electron chi connectivity index (χ0n) is 13.7. The van der Waals surface area contributed by atoms with Crippen molar-refractivity contribution in [3.8, 4) is 0 Å². The first-order valence-electron chi connectivity index (χ1n) is 7.95. The zero-order chi connectivity index (χ0) is 18.0. The molecule has 1 amide bonds. The van der Waals surface area contributed by atoms with Crippen molar-refractivity contribution in [1.82, 2.24) is 4.90 Å². The fourth-order valence-electron chi connectivity index (χ4n) is 2.93. The summed E-state index contributed by atoms with van der Waals surface area (Å²) in [6, 6.07) is 10.6. The molecule has 0 aromatic heterocycles. The van der Waals surface area contributed by atoms with Crippen LogP contribution in [0.25, 0.3) is 0 Å². The molecule has 1 saturated heterocycles. The van der Waals surface area contributed by atoms with E-state index in [-0.39, 0.29) is 23.4 Å². The number of aromatic carboxylic acids is 1. The number of amides is 1. The van der Waals surface area contributed by atoms with E-state index >= 15 is 0 Å². The van der Waals surface area contributed by atoms with Crippen LogP contribution in [-0.2, 0) is 4.74 Å². The minimum Gasteiger partial charge on any atom is -0.478 e. The molecule has 1 unspecified atom stereocenters. The van der Waals surface area contributed by atoms with Crippen LogP contribution < -0.4 is 0 Å². The average Bonchev–Trinajstić information content (AvgIpc) is 2.61. The van der Waals surface area contributed by atoms with Crippen LogP contribution in [0.3, 0.4) is 0 Å². The number of rotatable bonds is 3. The van der Waals surface area contributed by atoms with Gasteiger partial charge in [0.2, 0.25) is 0 Å². The molecule has 25 heavy (non-hydrogen) atoms. The minimum atomic E-state index is -1.07. The monoisotopic (exact) mass is 343 g/mol. The lowest BCUT2D eigenvalue weighted by Crippen LogP contribution is -2.42. The van der Waals surface area contributed by atoms with Crippen LogP contribution in [0.2, 0.25) is 0 Å². The van der Waals surface area contributed by atoms with E-state index in [0.717, 1.165) is 5.56 Å². The lowest BCUT2D eigenvalue weighted by atomic mass is 10.0. The van der Waals surface area contributed by atoms with E-state index in [1.54, 1.807) is 30.0 Å². The number of carboxylic acids is 1. The number of benzene rings is 2. The van der Waals surface area contributed by atoms with E-state index in [2.05, 4.69) is 0 Å². The van der Waals surface area contributed by atoms with Crippen molar-refractivity contribution in [3.63, 3.8) is 0 Å². The zero-order valence-corrected chi connectivity index (χ0v) is 13.7. The van der Waals surface area contributed by atoms with Crippen molar-refractivity contribution in [3.05, 3.63) is 70.5 Å². The van der Waals surface area contributed by atoms with Crippen molar-refractivity contribution >= 4 is 11.9 Å². The first-order valence-corrected chi connectivity index (χ1v) is 7.95. The topological polar surface area (TPSA) is 66.8 Å². The largest absolute Gasteiger partial charge is 0.478 e. The summed E-state index contributed by atoms with van der Waals surface area (Å²) in [5.41, 5.74) is 1.95. The second-order valence-electron chi connectivity index (χ2n) is 6.06. The maximum atomic E-state index is 13.1. The molecule has 1 aliphatic heterocycles. The molecule has 0 radical (unpaired) electrons. The Bertz CT molecular complexity index is 804.